The largest absolute Gasteiger partial charge is 0.299 e. The van der Waals surface area contributed by atoms with Gasteiger partial charge in [0.05, 0.1) is 12.3 Å². The third-order valence-electron chi connectivity index (χ3n) is 2.51. The first-order valence-corrected chi connectivity index (χ1v) is 6.99. The zero-order valence-electron chi connectivity index (χ0n) is 8.56. The quantitative estimate of drug-likeness (QED) is 0.797. The fourth-order valence-corrected chi connectivity index (χ4v) is 2.00. The van der Waals surface area contributed by atoms with Gasteiger partial charge in [-0.3, -0.25) is 14.6 Å². The Hall–Kier alpha value is -1.04. The summed E-state index contributed by atoms with van der Waals surface area (Å²) in [5.74, 6) is 0.481. The molecule has 5 nitrogen and oxygen atoms in total. The van der Waals surface area contributed by atoms with Gasteiger partial charge in [0.2, 0.25) is 0 Å². The molecule has 1 N–H and O–H groups in total. The van der Waals surface area contributed by atoms with E-state index in [0.29, 0.717) is 5.92 Å². The molecule has 0 saturated heterocycles. The second kappa shape index (κ2) is 3.52. The molecule has 0 amide bonds. The molecule has 15 heavy (non-hydrogen) atoms. The van der Waals surface area contributed by atoms with Gasteiger partial charge >= 0.3 is 0 Å². The van der Waals surface area contributed by atoms with E-state index in [1.54, 1.807) is 6.07 Å². The first kappa shape index (κ1) is 10.5. The van der Waals surface area contributed by atoms with Crippen LogP contribution in [0.1, 0.15) is 24.5 Å². The maximum atomic E-state index is 11.4. The molecule has 0 aromatic carbocycles. The van der Waals surface area contributed by atoms with E-state index in [1.807, 2.05) is 0 Å². The number of aromatic nitrogens is 2. The molecule has 1 aliphatic rings. The normalized spacial score (nSPS) is 16.9. The zero-order chi connectivity index (χ0) is 11.1. The molecule has 0 bridgehead atoms. The lowest BCUT2D eigenvalue weighted by Gasteiger charge is -2.00. The van der Waals surface area contributed by atoms with Crippen molar-refractivity contribution in [2.75, 3.05) is 12.0 Å². The standard InChI is InChI=1S/C9H14N2O3S/c1-15(13,14)5-4-11-9(12)6-8(10-11)7-2-3-7/h6-7,10H,2-5H2,1H3. The summed E-state index contributed by atoms with van der Waals surface area (Å²) < 4.78 is 23.2. The van der Waals surface area contributed by atoms with E-state index in [-0.39, 0.29) is 17.9 Å². The van der Waals surface area contributed by atoms with E-state index in [2.05, 4.69) is 5.10 Å². The van der Waals surface area contributed by atoms with Crippen LogP contribution in [-0.4, -0.2) is 30.2 Å². The summed E-state index contributed by atoms with van der Waals surface area (Å²) in [5, 5.41) is 2.96. The number of aromatic amines is 1. The van der Waals surface area contributed by atoms with Crippen LogP contribution in [0.5, 0.6) is 0 Å². The monoisotopic (exact) mass is 230 g/mol. The molecule has 1 heterocycles. The molecule has 1 saturated carbocycles. The molecule has 1 aromatic heterocycles. The number of nitrogens with one attached hydrogen (secondary N) is 1. The average molecular weight is 230 g/mol. The first-order valence-electron chi connectivity index (χ1n) is 4.93. The van der Waals surface area contributed by atoms with Gasteiger partial charge in [0.25, 0.3) is 5.56 Å². The maximum Gasteiger partial charge on any atom is 0.266 e. The van der Waals surface area contributed by atoms with Gasteiger partial charge in [-0.15, -0.1) is 0 Å². The van der Waals surface area contributed by atoms with Gasteiger partial charge in [0.15, 0.2) is 0 Å². The Kier molecular flexibility index (Phi) is 2.46. The summed E-state index contributed by atoms with van der Waals surface area (Å²) in [6, 6.07) is 1.57. The summed E-state index contributed by atoms with van der Waals surface area (Å²) in [6.07, 6.45) is 3.40. The molecule has 6 heteroatoms. The van der Waals surface area contributed by atoms with Gasteiger partial charge in [-0.25, -0.2) is 8.42 Å². The Morgan fingerprint density at radius 3 is 2.73 bits per heavy atom. The number of sulfone groups is 1. The van der Waals surface area contributed by atoms with Crippen molar-refractivity contribution < 1.29 is 8.42 Å². The topological polar surface area (TPSA) is 71.9 Å². The van der Waals surface area contributed by atoms with Gasteiger partial charge in [-0.2, -0.15) is 0 Å². The molecular formula is C9H14N2O3S. The van der Waals surface area contributed by atoms with Crippen molar-refractivity contribution in [3.63, 3.8) is 0 Å². The van der Waals surface area contributed by atoms with Crippen molar-refractivity contribution in [1.82, 2.24) is 9.78 Å². The van der Waals surface area contributed by atoms with E-state index >= 15 is 0 Å². The number of aryl methyl sites for hydroxylation is 1. The molecule has 0 unspecified atom stereocenters. The minimum Gasteiger partial charge on any atom is -0.299 e. The van der Waals surface area contributed by atoms with E-state index < -0.39 is 9.84 Å². The van der Waals surface area contributed by atoms with Crippen molar-refractivity contribution in [3.8, 4) is 0 Å². The highest BCUT2D eigenvalue weighted by molar-refractivity contribution is 7.90. The summed E-state index contributed by atoms with van der Waals surface area (Å²) in [6.45, 7) is 0.213. The number of nitrogens with zero attached hydrogens (tertiary/aromatic N) is 1. The Morgan fingerprint density at radius 1 is 1.53 bits per heavy atom. The fourth-order valence-electron chi connectivity index (χ4n) is 1.48. The van der Waals surface area contributed by atoms with E-state index in [9.17, 15) is 13.2 Å². The highest BCUT2D eigenvalue weighted by Gasteiger charge is 2.25. The van der Waals surface area contributed by atoms with Crippen LogP contribution in [0.15, 0.2) is 10.9 Å². The molecule has 2 rings (SSSR count). The van der Waals surface area contributed by atoms with E-state index in [4.69, 9.17) is 0 Å². The predicted octanol–water partition coefficient (Wildman–Crippen LogP) is 0.0984. The van der Waals surface area contributed by atoms with Crippen molar-refractivity contribution in [3.05, 3.63) is 22.1 Å². The van der Waals surface area contributed by atoms with Crippen molar-refractivity contribution in [2.45, 2.75) is 25.3 Å². The van der Waals surface area contributed by atoms with Crippen LogP contribution in [0.3, 0.4) is 0 Å². The van der Waals surface area contributed by atoms with Crippen LogP contribution in [0, 0.1) is 0 Å². The van der Waals surface area contributed by atoms with Gasteiger partial charge in [-0.1, -0.05) is 0 Å². The van der Waals surface area contributed by atoms with Gasteiger partial charge in [-0.05, 0) is 12.8 Å². The highest BCUT2D eigenvalue weighted by atomic mass is 32.2. The number of rotatable bonds is 4. The van der Waals surface area contributed by atoms with Crippen LogP contribution >= 0.6 is 0 Å². The Bertz CT molecular complexity index is 508. The average Bonchev–Trinajstić information content (AvgIpc) is 2.87. The lowest BCUT2D eigenvalue weighted by Crippen LogP contribution is -2.21. The Labute approximate surface area is 88.0 Å². The third kappa shape index (κ3) is 2.71. The second-order valence-corrected chi connectivity index (χ2v) is 6.37. The van der Waals surface area contributed by atoms with Crippen molar-refractivity contribution >= 4 is 9.84 Å². The van der Waals surface area contributed by atoms with E-state index in [1.165, 1.54) is 10.9 Å². The minimum absolute atomic E-state index is 0.00245. The smallest absolute Gasteiger partial charge is 0.266 e. The summed E-state index contributed by atoms with van der Waals surface area (Å²) in [7, 11) is -3.01. The summed E-state index contributed by atoms with van der Waals surface area (Å²) in [4.78, 5) is 11.4. The van der Waals surface area contributed by atoms with Crippen molar-refractivity contribution in [2.24, 2.45) is 0 Å². The minimum atomic E-state index is -3.01. The molecule has 84 valence electrons. The van der Waals surface area contributed by atoms with Crippen LogP contribution < -0.4 is 5.56 Å². The molecule has 0 atom stereocenters. The zero-order valence-corrected chi connectivity index (χ0v) is 9.38. The highest BCUT2D eigenvalue weighted by Crippen LogP contribution is 2.38. The molecule has 0 aliphatic heterocycles. The number of hydrogen-bond donors (Lipinski definition) is 1. The predicted molar refractivity (Wildman–Crippen MR) is 56.7 cm³/mol. The van der Waals surface area contributed by atoms with Crippen LogP contribution in [0.4, 0.5) is 0 Å². The molecule has 1 fully saturated rings. The molecule has 0 spiro atoms. The number of H-pyrrole nitrogens is 1. The van der Waals surface area contributed by atoms with E-state index in [0.717, 1.165) is 18.5 Å². The summed E-state index contributed by atoms with van der Waals surface area (Å²) >= 11 is 0. The molecule has 1 aromatic rings. The maximum absolute atomic E-state index is 11.4. The molecular weight excluding hydrogens is 216 g/mol. The first-order chi connectivity index (χ1) is 6.96. The lowest BCUT2D eigenvalue weighted by atomic mass is 10.3. The summed E-state index contributed by atoms with van der Waals surface area (Å²) in [5.41, 5.74) is 0.800. The lowest BCUT2D eigenvalue weighted by molar-refractivity contribution is 0.579. The Balaban J connectivity index is 2.11. The van der Waals surface area contributed by atoms with Gasteiger partial charge < -0.3 is 0 Å². The van der Waals surface area contributed by atoms with Gasteiger partial charge in [0, 0.05) is 23.9 Å². The number of hydrogen-bond acceptors (Lipinski definition) is 3. The Morgan fingerprint density at radius 2 is 2.20 bits per heavy atom. The van der Waals surface area contributed by atoms with Gasteiger partial charge in [0.1, 0.15) is 9.84 Å². The molecule has 1 aliphatic carbocycles. The SMILES string of the molecule is CS(=O)(=O)CCn1[nH]c(C2CC2)cc1=O. The molecule has 0 radical (unpaired) electrons. The van der Waals surface area contributed by atoms with Crippen LogP contribution in [-0.2, 0) is 16.4 Å². The second-order valence-electron chi connectivity index (χ2n) is 4.11. The third-order valence-corrected chi connectivity index (χ3v) is 3.44. The van der Waals surface area contributed by atoms with Crippen LogP contribution in [0.2, 0.25) is 0 Å². The van der Waals surface area contributed by atoms with Crippen molar-refractivity contribution in [1.29, 1.82) is 0 Å². The van der Waals surface area contributed by atoms with Crippen LogP contribution in [0.25, 0.3) is 0 Å². The fraction of sp³-hybridized carbons (Fsp3) is 0.667.